The number of carbonyl (C=O) groups excluding carboxylic acids is 3. The van der Waals surface area contributed by atoms with Crippen LogP contribution in [0, 0.1) is 0 Å². The minimum Gasteiger partial charge on any atom is -0.450 e. The van der Waals surface area contributed by atoms with Crippen molar-refractivity contribution in [1.82, 2.24) is 39.5 Å². The summed E-state index contributed by atoms with van der Waals surface area (Å²) in [5, 5.41) is 0.673. The summed E-state index contributed by atoms with van der Waals surface area (Å²) in [5.41, 5.74) is 9.37. The number of anilines is 2. The van der Waals surface area contributed by atoms with Crippen molar-refractivity contribution in [3.8, 4) is 0 Å². The number of aromatic nitrogens is 3. The van der Waals surface area contributed by atoms with E-state index in [1.807, 2.05) is 60.0 Å². The summed E-state index contributed by atoms with van der Waals surface area (Å²) >= 11 is 6.12. The van der Waals surface area contributed by atoms with Crippen LogP contribution in [-0.2, 0) is 66.2 Å². The quantitative estimate of drug-likeness (QED) is 0.0786. The van der Waals surface area contributed by atoms with Gasteiger partial charge in [-0.1, -0.05) is 91.9 Å². The first kappa shape index (κ1) is 59.8. The number of rotatable bonds is 9. The van der Waals surface area contributed by atoms with E-state index in [1.165, 1.54) is 38.9 Å². The number of amides is 3. The van der Waals surface area contributed by atoms with Crippen LogP contribution in [0.5, 0.6) is 0 Å². The molecule has 0 saturated carbocycles. The van der Waals surface area contributed by atoms with E-state index in [0.717, 1.165) is 94.9 Å². The second kappa shape index (κ2) is 27.0. The minimum absolute atomic E-state index is 0.221. The van der Waals surface area contributed by atoms with E-state index in [9.17, 15) is 14.4 Å². The molecule has 2 aromatic carbocycles. The molecular weight excluding hydrogens is 1040 g/mol. The standard InChI is InChI=1S/C24H32N4O2.C23H38N4O4Si.C15H15ClN2/c1-24(2,3)30-23(29)28-15-13-27(14-16-28)22-21-10-12-26(18-20(21)9-11-25-22)17-19-7-5-4-6-8-19;1-23(2,3)31-22(29)26-13-11-25(12-14-26)20-19-8-10-27(17-18(19)7-9-24-20)21(28)30-15-16-32(4,5)6;16-15-14-7-9-18(11-13(14)6-8-17-15)10-12-4-2-1-3-5-12/h4-9,11H,10,12-18H2,1-3H3;7,9H,8,10-17H2,1-6H3;1-6,8H,7,9-11H2. The van der Waals surface area contributed by atoms with E-state index in [2.05, 4.69) is 122 Å². The van der Waals surface area contributed by atoms with E-state index >= 15 is 0 Å². The topological polar surface area (TPSA) is 140 Å². The Bertz CT molecular complexity index is 2850. The first-order chi connectivity index (χ1) is 38.1. The molecule has 0 spiro atoms. The third-order valence-electron chi connectivity index (χ3n) is 14.8. The van der Waals surface area contributed by atoms with Gasteiger partial charge in [0, 0.05) is 143 Å². The zero-order valence-electron chi connectivity index (χ0n) is 48.9. The molecule has 3 aromatic heterocycles. The van der Waals surface area contributed by atoms with Crippen LogP contribution in [0.15, 0.2) is 97.5 Å². The van der Waals surface area contributed by atoms with Gasteiger partial charge in [-0.2, -0.15) is 0 Å². The SMILES string of the molecule is CC(C)(C)OC(=O)N1CCN(c2nccc3c2CCN(C(=O)OCC[Si](C)(C)C)C3)CC1.CC(C)(C)OC(=O)N1CCN(c2nccc3c2CCN(Cc2ccccc2)C3)CC1.Clc1nccc2c1CCN(Cc1ccccc1)C2. The zero-order chi connectivity index (χ0) is 57.0. The van der Waals surface area contributed by atoms with Crippen LogP contribution >= 0.6 is 11.6 Å². The molecule has 0 unspecified atom stereocenters. The number of hydrogen-bond acceptors (Lipinski definition) is 13. The number of pyridine rings is 3. The van der Waals surface area contributed by atoms with Gasteiger partial charge in [0.05, 0.1) is 6.61 Å². The van der Waals surface area contributed by atoms with Gasteiger partial charge in [-0.3, -0.25) is 9.80 Å². The number of hydrogen-bond donors (Lipinski definition) is 0. The molecule has 10 rings (SSSR count). The minimum atomic E-state index is -1.22. The van der Waals surface area contributed by atoms with Crippen molar-refractivity contribution in [3.05, 3.63) is 147 Å². The molecule has 3 amide bonds. The van der Waals surface area contributed by atoms with Crippen LogP contribution in [0.4, 0.5) is 26.0 Å². The predicted molar refractivity (Wildman–Crippen MR) is 320 cm³/mol. The van der Waals surface area contributed by atoms with Gasteiger partial charge in [-0.25, -0.2) is 29.3 Å². The predicted octanol–water partition coefficient (Wildman–Crippen LogP) is 11.0. The lowest BCUT2D eigenvalue weighted by Gasteiger charge is -2.38. The average Bonchev–Trinajstić information content (AvgIpc) is 3.49. The number of halogens is 1. The second-order valence-electron chi connectivity index (χ2n) is 24.7. The molecule has 5 aliphatic heterocycles. The first-order valence-corrected chi connectivity index (χ1v) is 32.7. The number of carbonyl (C=O) groups is 3. The Kier molecular flexibility index (Phi) is 20.2. The lowest BCUT2D eigenvalue weighted by Crippen LogP contribution is -2.50. The fourth-order valence-corrected chi connectivity index (χ4v) is 11.5. The molecule has 0 radical (unpaired) electrons. The molecule has 5 aromatic rings. The Labute approximate surface area is 481 Å². The van der Waals surface area contributed by atoms with Crippen LogP contribution < -0.4 is 9.80 Å². The van der Waals surface area contributed by atoms with E-state index in [-0.39, 0.29) is 18.3 Å². The van der Waals surface area contributed by atoms with Crippen LogP contribution in [0.2, 0.25) is 30.8 Å². The monoisotopic (exact) mass is 1130 g/mol. The normalized spacial score (nSPS) is 16.9. The van der Waals surface area contributed by atoms with Gasteiger partial charge in [0.25, 0.3) is 0 Å². The van der Waals surface area contributed by atoms with Crippen molar-refractivity contribution in [2.75, 3.05) is 88.4 Å². The molecule has 0 N–H and O–H groups in total. The fraction of sp³-hybridized carbons (Fsp3) is 0.516. The number of benzene rings is 2. The molecule has 2 saturated heterocycles. The van der Waals surface area contributed by atoms with Crippen molar-refractivity contribution in [2.45, 2.75) is 130 Å². The van der Waals surface area contributed by atoms with Crippen LogP contribution in [0.25, 0.3) is 0 Å². The molecule has 0 atom stereocenters. The zero-order valence-corrected chi connectivity index (χ0v) is 50.6. The molecule has 0 aliphatic carbocycles. The number of piperazine rings is 2. The smallest absolute Gasteiger partial charge is 0.410 e. The molecule has 0 bridgehead atoms. The molecule has 2 fully saturated rings. The number of ether oxygens (including phenoxy) is 3. The Morgan fingerprint density at radius 2 is 0.912 bits per heavy atom. The maximum Gasteiger partial charge on any atom is 0.410 e. The van der Waals surface area contributed by atoms with Crippen molar-refractivity contribution in [2.24, 2.45) is 0 Å². The van der Waals surface area contributed by atoms with Crippen LogP contribution in [-0.4, -0.2) is 156 Å². The lowest BCUT2D eigenvalue weighted by molar-refractivity contribution is 0.0230. The van der Waals surface area contributed by atoms with E-state index in [0.29, 0.717) is 64.1 Å². The summed E-state index contributed by atoms with van der Waals surface area (Å²) < 4.78 is 16.5. The molecule has 8 heterocycles. The summed E-state index contributed by atoms with van der Waals surface area (Å²) in [4.78, 5) is 65.6. The third kappa shape index (κ3) is 17.4. The van der Waals surface area contributed by atoms with Crippen molar-refractivity contribution < 1.29 is 28.6 Å². The maximum atomic E-state index is 12.5. The first-order valence-electron chi connectivity index (χ1n) is 28.6. The molecule has 18 heteroatoms. The van der Waals surface area contributed by atoms with Crippen molar-refractivity contribution in [1.29, 1.82) is 0 Å². The van der Waals surface area contributed by atoms with E-state index in [4.69, 9.17) is 30.8 Å². The summed E-state index contributed by atoms with van der Waals surface area (Å²) in [6, 6.07) is 28.5. The summed E-state index contributed by atoms with van der Waals surface area (Å²) in [5.74, 6) is 2.06. The lowest BCUT2D eigenvalue weighted by atomic mass is 9.99. The Morgan fingerprint density at radius 1 is 0.500 bits per heavy atom. The van der Waals surface area contributed by atoms with Gasteiger partial charge in [-0.05, 0) is 118 Å². The highest BCUT2D eigenvalue weighted by Gasteiger charge is 2.32. The highest BCUT2D eigenvalue weighted by Crippen LogP contribution is 2.31. The molecule has 5 aliphatic rings. The number of nitrogens with zero attached hydrogens (tertiary/aromatic N) is 10. The van der Waals surface area contributed by atoms with Gasteiger partial charge in [0.1, 0.15) is 28.0 Å². The van der Waals surface area contributed by atoms with Gasteiger partial charge in [0.15, 0.2) is 0 Å². The van der Waals surface area contributed by atoms with Crippen LogP contribution in [0.1, 0.15) is 86.1 Å². The highest BCUT2D eigenvalue weighted by molar-refractivity contribution is 6.76. The summed E-state index contributed by atoms with van der Waals surface area (Å²) in [6.07, 6.45) is 7.60. The maximum absolute atomic E-state index is 12.5. The average molecular weight is 1130 g/mol. The van der Waals surface area contributed by atoms with Gasteiger partial charge < -0.3 is 38.7 Å². The Balaban J connectivity index is 0.000000163. The Morgan fingerprint density at radius 3 is 1.36 bits per heavy atom. The number of fused-ring (bicyclic) bond motifs is 3. The van der Waals surface area contributed by atoms with Crippen molar-refractivity contribution in [3.63, 3.8) is 0 Å². The van der Waals surface area contributed by atoms with Gasteiger partial charge >= 0.3 is 18.3 Å². The van der Waals surface area contributed by atoms with E-state index in [1.54, 1.807) is 20.9 Å². The van der Waals surface area contributed by atoms with Gasteiger partial charge in [0.2, 0.25) is 0 Å². The Hall–Kier alpha value is -6.27. The highest BCUT2D eigenvalue weighted by atomic mass is 35.5. The molecule has 80 heavy (non-hydrogen) atoms. The third-order valence-corrected chi connectivity index (χ3v) is 16.8. The van der Waals surface area contributed by atoms with E-state index < -0.39 is 19.3 Å². The largest absolute Gasteiger partial charge is 0.450 e. The second-order valence-corrected chi connectivity index (χ2v) is 30.7. The fourth-order valence-electron chi connectivity index (χ4n) is 10.6. The summed E-state index contributed by atoms with van der Waals surface area (Å²) in [6.45, 7) is 31.4. The van der Waals surface area contributed by atoms with Crippen LogP contribution in [0.3, 0.4) is 0 Å². The van der Waals surface area contributed by atoms with Crippen molar-refractivity contribution >= 4 is 49.6 Å². The summed E-state index contributed by atoms with van der Waals surface area (Å²) in [7, 11) is -1.22. The molecule has 16 nitrogen and oxygen atoms in total. The van der Waals surface area contributed by atoms with Gasteiger partial charge in [-0.15, -0.1) is 0 Å². The molecule has 430 valence electrons. The molecular formula is C62H85ClN10O6Si.